The Bertz CT molecular complexity index is 422. The van der Waals surface area contributed by atoms with Gasteiger partial charge in [0.2, 0.25) is 0 Å². The number of nitrogen functional groups attached to an aromatic ring is 1. The molecule has 1 aromatic heterocycles. The number of nitrogens with zero attached hydrogens (tertiary/aromatic N) is 2. The van der Waals surface area contributed by atoms with Gasteiger partial charge in [-0.15, -0.1) is 0 Å². The molecule has 0 spiro atoms. The number of hydrogen-bond donors (Lipinski definition) is 1. The highest BCUT2D eigenvalue weighted by atomic mass is 16.5. The Morgan fingerprint density at radius 2 is 1.76 bits per heavy atom. The standard InChI is InChI=1S/C15H27N3O3/c1-4-17-12-13(16)11-14(17)15(19)18(7-9-20-5-2)8-10-21-6-3/h11-12H,4-10,16H2,1-3H3. The van der Waals surface area contributed by atoms with Crippen LogP contribution in [0.5, 0.6) is 0 Å². The maximum Gasteiger partial charge on any atom is 0.270 e. The largest absolute Gasteiger partial charge is 0.397 e. The number of aromatic nitrogens is 1. The summed E-state index contributed by atoms with van der Waals surface area (Å²) in [6.45, 7) is 10.0. The van der Waals surface area contributed by atoms with Crippen LogP contribution in [0.3, 0.4) is 0 Å². The summed E-state index contributed by atoms with van der Waals surface area (Å²) in [7, 11) is 0. The third kappa shape index (κ3) is 5.40. The summed E-state index contributed by atoms with van der Waals surface area (Å²) in [5.41, 5.74) is 7.02. The fourth-order valence-electron chi connectivity index (χ4n) is 2.09. The van der Waals surface area contributed by atoms with Crippen molar-refractivity contribution in [2.75, 3.05) is 45.3 Å². The fourth-order valence-corrected chi connectivity index (χ4v) is 2.09. The lowest BCUT2D eigenvalue weighted by Crippen LogP contribution is -2.37. The Labute approximate surface area is 126 Å². The second kappa shape index (κ2) is 9.41. The van der Waals surface area contributed by atoms with Crippen LogP contribution < -0.4 is 5.73 Å². The average Bonchev–Trinajstić information content (AvgIpc) is 2.86. The lowest BCUT2D eigenvalue weighted by atomic mass is 10.3. The summed E-state index contributed by atoms with van der Waals surface area (Å²) in [4.78, 5) is 14.4. The molecular weight excluding hydrogens is 270 g/mol. The molecule has 0 bridgehead atoms. The zero-order valence-electron chi connectivity index (χ0n) is 13.3. The fraction of sp³-hybridized carbons (Fsp3) is 0.667. The van der Waals surface area contributed by atoms with E-state index in [4.69, 9.17) is 15.2 Å². The number of anilines is 1. The predicted molar refractivity (Wildman–Crippen MR) is 83.4 cm³/mol. The van der Waals surface area contributed by atoms with Crippen LogP contribution >= 0.6 is 0 Å². The summed E-state index contributed by atoms with van der Waals surface area (Å²) in [5.74, 6) is -0.0343. The highest BCUT2D eigenvalue weighted by molar-refractivity contribution is 5.93. The summed E-state index contributed by atoms with van der Waals surface area (Å²) < 4.78 is 12.6. The van der Waals surface area contributed by atoms with Crippen molar-refractivity contribution in [3.63, 3.8) is 0 Å². The van der Waals surface area contributed by atoms with Gasteiger partial charge in [0.1, 0.15) is 5.69 Å². The molecule has 0 fully saturated rings. The number of nitrogens with two attached hydrogens (primary N) is 1. The summed E-state index contributed by atoms with van der Waals surface area (Å²) in [6.07, 6.45) is 1.79. The van der Waals surface area contributed by atoms with E-state index in [0.29, 0.717) is 57.4 Å². The van der Waals surface area contributed by atoms with Crippen molar-refractivity contribution in [3.8, 4) is 0 Å². The second-order valence-corrected chi connectivity index (χ2v) is 4.63. The van der Waals surface area contributed by atoms with Crippen LogP contribution in [0.2, 0.25) is 0 Å². The highest BCUT2D eigenvalue weighted by Crippen LogP contribution is 2.13. The first-order chi connectivity index (χ1) is 10.1. The SMILES string of the molecule is CCOCCN(CCOCC)C(=O)c1cc(N)cn1CC. The number of carbonyl (C=O) groups excluding carboxylic acids is 1. The van der Waals surface area contributed by atoms with E-state index < -0.39 is 0 Å². The van der Waals surface area contributed by atoms with E-state index in [1.54, 1.807) is 17.2 Å². The molecule has 21 heavy (non-hydrogen) atoms. The molecule has 0 unspecified atom stereocenters. The van der Waals surface area contributed by atoms with Crippen LogP contribution in [0.4, 0.5) is 5.69 Å². The Balaban J connectivity index is 2.76. The molecule has 120 valence electrons. The minimum absolute atomic E-state index is 0.0343. The van der Waals surface area contributed by atoms with E-state index in [-0.39, 0.29) is 5.91 Å². The molecule has 0 aliphatic heterocycles. The maximum atomic E-state index is 12.7. The van der Waals surface area contributed by atoms with Crippen molar-refractivity contribution in [2.24, 2.45) is 0 Å². The van der Waals surface area contributed by atoms with E-state index >= 15 is 0 Å². The molecule has 6 heteroatoms. The lowest BCUT2D eigenvalue weighted by molar-refractivity contribution is 0.0541. The number of amides is 1. The smallest absolute Gasteiger partial charge is 0.270 e. The Hall–Kier alpha value is -1.53. The molecule has 0 atom stereocenters. The molecule has 0 aliphatic carbocycles. The van der Waals surface area contributed by atoms with E-state index in [9.17, 15) is 4.79 Å². The van der Waals surface area contributed by atoms with Crippen LogP contribution in [0.25, 0.3) is 0 Å². The minimum Gasteiger partial charge on any atom is -0.397 e. The van der Waals surface area contributed by atoms with Crippen LogP contribution in [0, 0.1) is 0 Å². The minimum atomic E-state index is -0.0343. The van der Waals surface area contributed by atoms with E-state index in [2.05, 4.69) is 0 Å². The van der Waals surface area contributed by atoms with Crippen molar-refractivity contribution in [1.29, 1.82) is 0 Å². The van der Waals surface area contributed by atoms with Gasteiger partial charge >= 0.3 is 0 Å². The molecule has 0 aliphatic rings. The van der Waals surface area contributed by atoms with Gasteiger partial charge in [0.25, 0.3) is 5.91 Å². The first-order valence-electron chi connectivity index (χ1n) is 7.54. The van der Waals surface area contributed by atoms with Gasteiger partial charge < -0.3 is 24.7 Å². The van der Waals surface area contributed by atoms with Crippen LogP contribution in [0.1, 0.15) is 31.3 Å². The molecule has 6 nitrogen and oxygen atoms in total. The van der Waals surface area contributed by atoms with E-state index in [0.717, 1.165) is 0 Å². The monoisotopic (exact) mass is 297 g/mol. The molecule has 0 saturated heterocycles. The third-order valence-electron chi connectivity index (χ3n) is 3.18. The summed E-state index contributed by atoms with van der Waals surface area (Å²) >= 11 is 0. The first kappa shape index (κ1) is 17.5. The summed E-state index contributed by atoms with van der Waals surface area (Å²) in [6, 6.07) is 1.72. The van der Waals surface area contributed by atoms with Gasteiger partial charge in [-0.2, -0.15) is 0 Å². The second-order valence-electron chi connectivity index (χ2n) is 4.63. The zero-order chi connectivity index (χ0) is 15.7. The van der Waals surface area contributed by atoms with Crippen molar-refractivity contribution in [2.45, 2.75) is 27.3 Å². The van der Waals surface area contributed by atoms with Gasteiger partial charge in [0, 0.05) is 39.0 Å². The predicted octanol–water partition coefficient (Wildman–Crippen LogP) is 1.61. The van der Waals surface area contributed by atoms with Crippen molar-refractivity contribution in [3.05, 3.63) is 18.0 Å². The number of rotatable bonds is 10. The third-order valence-corrected chi connectivity index (χ3v) is 3.18. The normalized spacial score (nSPS) is 10.8. The number of carbonyl (C=O) groups is 1. The summed E-state index contributed by atoms with van der Waals surface area (Å²) in [5, 5.41) is 0. The van der Waals surface area contributed by atoms with Gasteiger partial charge in [-0.1, -0.05) is 0 Å². The lowest BCUT2D eigenvalue weighted by Gasteiger charge is -2.23. The Morgan fingerprint density at radius 1 is 1.19 bits per heavy atom. The maximum absolute atomic E-state index is 12.7. The van der Waals surface area contributed by atoms with Gasteiger partial charge in [0.05, 0.1) is 18.9 Å². The van der Waals surface area contributed by atoms with Crippen LogP contribution in [0.15, 0.2) is 12.3 Å². The number of hydrogen-bond acceptors (Lipinski definition) is 4. The number of aryl methyl sites for hydroxylation is 1. The van der Waals surface area contributed by atoms with Crippen molar-refractivity contribution in [1.82, 2.24) is 9.47 Å². The molecule has 0 aromatic carbocycles. The van der Waals surface area contributed by atoms with Crippen LogP contribution in [-0.4, -0.2) is 54.9 Å². The molecule has 1 aromatic rings. The van der Waals surface area contributed by atoms with Gasteiger partial charge in [-0.05, 0) is 26.8 Å². The van der Waals surface area contributed by atoms with Gasteiger partial charge in [-0.25, -0.2) is 0 Å². The molecule has 1 rings (SSSR count). The molecule has 2 N–H and O–H groups in total. The van der Waals surface area contributed by atoms with E-state index in [1.165, 1.54) is 0 Å². The first-order valence-corrected chi connectivity index (χ1v) is 7.54. The Morgan fingerprint density at radius 3 is 2.24 bits per heavy atom. The topological polar surface area (TPSA) is 69.7 Å². The molecular formula is C15H27N3O3. The van der Waals surface area contributed by atoms with E-state index in [1.807, 2.05) is 25.3 Å². The zero-order valence-corrected chi connectivity index (χ0v) is 13.3. The quantitative estimate of drug-likeness (QED) is 0.666. The molecule has 1 heterocycles. The number of ether oxygens (including phenoxy) is 2. The van der Waals surface area contributed by atoms with Crippen LogP contribution in [-0.2, 0) is 16.0 Å². The van der Waals surface area contributed by atoms with Gasteiger partial charge in [0.15, 0.2) is 0 Å². The highest BCUT2D eigenvalue weighted by Gasteiger charge is 2.19. The average molecular weight is 297 g/mol. The Kier molecular flexibility index (Phi) is 7.85. The molecule has 0 radical (unpaired) electrons. The van der Waals surface area contributed by atoms with Crippen molar-refractivity contribution < 1.29 is 14.3 Å². The molecule has 1 amide bonds. The van der Waals surface area contributed by atoms with Gasteiger partial charge in [-0.3, -0.25) is 4.79 Å². The molecule has 0 saturated carbocycles. The van der Waals surface area contributed by atoms with Crippen molar-refractivity contribution >= 4 is 11.6 Å².